The molecule has 4 heteroatoms. The Labute approximate surface area is 101 Å². The van der Waals surface area contributed by atoms with E-state index in [2.05, 4.69) is 5.32 Å². The Kier molecular flexibility index (Phi) is 2.91. The minimum atomic E-state index is -0.483. The van der Waals surface area contributed by atoms with Gasteiger partial charge < -0.3 is 19.9 Å². The van der Waals surface area contributed by atoms with Gasteiger partial charge >= 0.3 is 0 Å². The van der Waals surface area contributed by atoms with Crippen LogP contribution in [-0.2, 0) is 0 Å². The molecule has 0 spiro atoms. The molecule has 1 heterocycles. The predicted octanol–water partition coefficient (Wildman–Crippen LogP) is 1.45. The van der Waals surface area contributed by atoms with E-state index in [9.17, 15) is 5.11 Å². The van der Waals surface area contributed by atoms with E-state index in [0.717, 1.165) is 29.5 Å². The van der Waals surface area contributed by atoms with Crippen molar-refractivity contribution in [2.45, 2.75) is 18.9 Å². The van der Waals surface area contributed by atoms with Crippen LogP contribution < -0.4 is 14.8 Å². The van der Waals surface area contributed by atoms with Gasteiger partial charge in [-0.3, -0.25) is 0 Å². The van der Waals surface area contributed by atoms with E-state index in [0.29, 0.717) is 6.54 Å². The average Bonchev–Trinajstić information content (AvgIpc) is 3.04. The summed E-state index contributed by atoms with van der Waals surface area (Å²) in [5.41, 5.74) is 0.873. The number of benzene rings is 1. The number of ether oxygens (including phenoxy) is 2. The first-order chi connectivity index (χ1) is 8.33. The first-order valence-corrected chi connectivity index (χ1v) is 6.11. The highest BCUT2D eigenvalue weighted by molar-refractivity contribution is 5.45. The van der Waals surface area contributed by atoms with Gasteiger partial charge in [0, 0.05) is 6.54 Å². The minimum absolute atomic E-state index is 0.273. The Hall–Kier alpha value is -1.26. The third-order valence-corrected chi connectivity index (χ3v) is 3.25. The molecule has 1 unspecified atom stereocenters. The lowest BCUT2D eigenvalue weighted by Crippen LogP contribution is -2.23. The highest BCUT2D eigenvalue weighted by Crippen LogP contribution is 2.34. The van der Waals surface area contributed by atoms with Crippen LogP contribution in [0.15, 0.2) is 18.2 Å². The van der Waals surface area contributed by atoms with Gasteiger partial charge in [-0.25, -0.2) is 0 Å². The Morgan fingerprint density at radius 3 is 2.94 bits per heavy atom. The monoisotopic (exact) mass is 235 g/mol. The molecule has 1 saturated carbocycles. The lowest BCUT2D eigenvalue weighted by Gasteiger charge is -2.12. The maximum absolute atomic E-state index is 10.0. The quantitative estimate of drug-likeness (QED) is 0.811. The van der Waals surface area contributed by atoms with Crippen LogP contribution in [0.5, 0.6) is 11.5 Å². The maximum atomic E-state index is 10.0. The van der Waals surface area contributed by atoms with Gasteiger partial charge in [0.15, 0.2) is 11.5 Å². The highest BCUT2D eigenvalue weighted by Gasteiger charge is 2.21. The fourth-order valence-electron chi connectivity index (χ4n) is 1.98. The molecule has 0 aromatic heterocycles. The van der Waals surface area contributed by atoms with E-state index >= 15 is 0 Å². The zero-order valence-electron chi connectivity index (χ0n) is 9.69. The van der Waals surface area contributed by atoms with E-state index in [4.69, 9.17) is 9.47 Å². The molecule has 1 aromatic carbocycles. The molecule has 2 N–H and O–H groups in total. The van der Waals surface area contributed by atoms with Crippen molar-refractivity contribution in [1.29, 1.82) is 0 Å². The van der Waals surface area contributed by atoms with Crippen molar-refractivity contribution < 1.29 is 14.6 Å². The van der Waals surface area contributed by atoms with Crippen molar-refractivity contribution in [3.05, 3.63) is 23.8 Å². The first-order valence-electron chi connectivity index (χ1n) is 6.11. The number of hydrogen-bond donors (Lipinski definition) is 2. The summed E-state index contributed by atoms with van der Waals surface area (Å²) in [5, 5.41) is 13.3. The van der Waals surface area contributed by atoms with Crippen LogP contribution in [0.4, 0.5) is 0 Å². The molecule has 2 aliphatic rings. The number of hydrogen-bond acceptors (Lipinski definition) is 4. The van der Waals surface area contributed by atoms with Gasteiger partial charge in [0.25, 0.3) is 0 Å². The Bertz CT molecular complexity index is 404. The van der Waals surface area contributed by atoms with Crippen LogP contribution in [0.3, 0.4) is 0 Å². The molecule has 3 rings (SSSR count). The zero-order valence-corrected chi connectivity index (χ0v) is 9.69. The van der Waals surface area contributed by atoms with Gasteiger partial charge in [0.1, 0.15) is 0 Å². The molecule has 0 saturated heterocycles. The fraction of sp³-hybridized carbons (Fsp3) is 0.538. The summed E-state index contributed by atoms with van der Waals surface area (Å²) < 4.78 is 10.5. The summed E-state index contributed by atoms with van der Waals surface area (Å²) in [6.45, 7) is 1.88. The Morgan fingerprint density at radius 2 is 2.12 bits per heavy atom. The van der Waals surface area contributed by atoms with Crippen LogP contribution in [0, 0.1) is 5.92 Å². The van der Waals surface area contributed by atoms with Crippen LogP contribution in [0.25, 0.3) is 0 Å². The lowest BCUT2D eigenvalue weighted by atomic mass is 10.1. The Balaban J connectivity index is 1.58. The number of fused-ring (bicyclic) bond motifs is 1. The van der Waals surface area contributed by atoms with E-state index in [-0.39, 0.29) is 6.79 Å². The average molecular weight is 235 g/mol. The zero-order chi connectivity index (χ0) is 11.7. The van der Waals surface area contributed by atoms with Crippen molar-refractivity contribution in [2.24, 2.45) is 5.92 Å². The molecule has 0 bridgehead atoms. The van der Waals surface area contributed by atoms with Crippen molar-refractivity contribution in [3.63, 3.8) is 0 Å². The van der Waals surface area contributed by atoms with Crippen LogP contribution >= 0.6 is 0 Å². The molecule has 1 aliphatic carbocycles. The van der Waals surface area contributed by atoms with Crippen LogP contribution in [0.1, 0.15) is 24.5 Å². The molecule has 92 valence electrons. The first kappa shape index (κ1) is 10.9. The molecule has 17 heavy (non-hydrogen) atoms. The molecule has 0 amide bonds. The molecule has 1 aromatic rings. The van der Waals surface area contributed by atoms with E-state index in [1.165, 1.54) is 12.8 Å². The molecular weight excluding hydrogens is 218 g/mol. The number of aliphatic hydroxyl groups is 1. The fourth-order valence-corrected chi connectivity index (χ4v) is 1.98. The van der Waals surface area contributed by atoms with E-state index in [1.807, 2.05) is 18.2 Å². The summed E-state index contributed by atoms with van der Waals surface area (Å²) >= 11 is 0. The van der Waals surface area contributed by atoms with Crippen molar-refractivity contribution in [3.8, 4) is 11.5 Å². The highest BCUT2D eigenvalue weighted by atomic mass is 16.7. The van der Waals surface area contributed by atoms with Gasteiger partial charge in [-0.2, -0.15) is 0 Å². The molecular formula is C13H17NO3. The van der Waals surface area contributed by atoms with Crippen molar-refractivity contribution in [1.82, 2.24) is 5.32 Å². The molecule has 1 atom stereocenters. The standard InChI is InChI=1S/C13H17NO3/c15-11(7-14-6-9-1-2-9)10-3-4-12-13(5-10)17-8-16-12/h3-5,9,11,14-15H,1-2,6-8H2. The largest absolute Gasteiger partial charge is 0.454 e. The molecule has 1 fully saturated rings. The third kappa shape index (κ3) is 2.53. The van der Waals surface area contributed by atoms with E-state index < -0.39 is 6.10 Å². The second kappa shape index (κ2) is 4.55. The van der Waals surface area contributed by atoms with Gasteiger partial charge in [-0.15, -0.1) is 0 Å². The smallest absolute Gasteiger partial charge is 0.231 e. The van der Waals surface area contributed by atoms with Crippen molar-refractivity contribution >= 4 is 0 Å². The van der Waals surface area contributed by atoms with Crippen LogP contribution in [-0.4, -0.2) is 25.0 Å². The molecule has 4 nitrogen and oxygen atoms in total. The topological polar surface area (TPSA) is 50.7 Å². The number of aliphatic hydroxyl groups excluding tert-OH is 1. The third-order valence-electron chi connectivity index (χ3n) is 3.25. The summed E-state index contributed by atoms with van der Waals surface area (Å²) in [6, 6.07) is 5.59. The normalized spacial score (nSPS) is 19.4. The predicted molar refractivity (Wildman–Crippen MR) is 63.1 cm³/mol. The van der Waals surface area contributed by atoms with Crippen molar-refractivity contribution in [2.75, 3.05) is 19.9 Å². The number of nitrogens with one attached hydrogen (secondary N) is 1. The summed E-state index contributed by atoms with van der Waals surface area (Å²) in [6.07, 6.45) is 2.17. The van der Waals surface area contributed by atoms with Gasteiger partial charge in [0.2, 0.25) is 6.79 Å². The summed E-state index contributed by atoms with van der Waals surface area (Å²) in [5.74, 6) is 2.31. The maximum Gasteiger partial charge on any atom is 0.231 e. The summed E-state index contributed by atoms with van der Waals surface area (Å²) in [4.78, 5) is 0. The summed E-state index contributed by atoms with van der Waals surface area (Å²) in [7, 11) is 0. The van der Waals surface area contributed by atoms with E-state index in [1.54, 1.807) is 0 Å². The molecule has 0 radical (unpaired) electrons. The lowest BCUT2D eigenvalue weighted by molar-refractivity contribution is 0.170. The molecule has 1 aliphatic heterocycles. The van der Waals surface area contributed by atoms with Gasteiger partial charge in [-0.1, -0.05) is 6.07 Å². The van der Waals surface area contributed by atoms with Crippen LogP contribution in [0.2, 0.25) is 0 Å². The second-order valence-corrected chi connectivity index (χ2v) is 4.73. The second-order valence-electron chi connectivity index (χ2n) is 4.73. The minimum Gasteiger partial charge on any atom is -0.454 e. The van der Waals surface area contributed by atoms with Gasteiger partial charge in [-0.05, 0) is 43.0 Å². The number of rotatable bonds is 5. The SMILES string of the molecule is OC(CNCC1CC1)c1ccc2c(c1)OCO2. The Morgan fingerprint density at radius 1 is 1.29 bits per heavy atom. The van der Waals surface area contributed by atoms with Gasteiger partial charge in [0.05, 0.1) is 6.10 Å².